The Morgan fingerprint density at radius 1 is 0.762 bits per heavy atom. The van der Waals surface area contributed by atoms with Crippen molar-refractivity contribution >= 4 is 23.1 Å². The summed E-state index contributed by atoms with van der Waals surface area (Å²) in [6.45, 7) is 0. The molecule has 21 heavy (non-hydrogen) atoms. The zero-order valence-electron chi connectivity index (χ0n) is 11.0. The molecule has 0 aromatic heterocycles. The summed E-state index contributed by atoms with van der Waals surface area (Å²) in [6, 6.07) is 13.0. The fraction of sp³-hybridized carbons (Fsp3) is 0.143. The first-order chi connectivity index (χ1) is 10.1. The average molecular weight is 304 g/mol. The maximum Gasteiger partial charge on any atom is 0.273 e. The van der Waals surface area contributed by atoms with Crippen LogP contribution in [0.5, 0.6) is 0 Å². The minimum atomic E-state index is -0.416. The molecule has 0 bridgehead atoms. The summed E-state index contributed by atoms with van der Waals surface area (Å²) in [6.07, 6.45) is 0. The molecule has 0 saturated carbocycles. The van der Waals surface area contributed by atoms with Crippen LogP contribution in [0.1, 0.15) is 11.1 Å². The van der Waals surface area contributed by atoms with Gasteiger partial charge in [-0.3, -0.25) is 20.2 Å². The van der Waals surface area contributed by atoms with Crippen molar-refractivity contribution in [3.63, 3.8) is 0 Å². The molecule has 0 fully saturated rings. The smallest absolute Gasteiger partial charge is 0.258 e. The van der Waals surface area contributed by atoms with Gasteiger partial charge < -0.3 is 0 Å². The Hall–Kier alpha value is -2.41. The number of nitro groups is 2. The summed E-state index contributed by atoms with van der Waals surface area (Å²) >= 11 is 1.41. The summed E-state index contributed by atoms with van der Waals surface area (Å²) in [5, 5.41) is 21.8. The van der Waals surface area contributed by atoms with E-state index in [-0.39, 0.29) is 11.4 Å². The van der Waals surface area contributed by atoms with E-state index in [2.05, 4.69) is 0 Å². The molecule has 108 valence electrons. The topological polar surface area (TPSA) is 86.3 Å². The number of nitrogens with zero attached hydrogens (tertiary/aromatic N) is 2. The first-order valence-electron chi connectivity index (χ1n) is 6.12. The maximum absolute atomic E-state index is 10.9. The molecule has 0 saturated heterocycles. The monoisotopic (exact) mass is 304 g/mol. The molecular weight excluding hydrogens is 292 g/mol. The summed E-state index contributed by atoms with van der Waals surface area (Å²) in [5.74, 6) is 0.867. The minimum absolute atomic E-state index is 0.0764. The highest BCUT2D eigenvalue weighted by atomic mass is 32.2. The lowest BCUT2D eigenvalue weighted by Crippen LogP contribution is -1.95. The van der Waals surface area contributed by atoms with Gasteiger partial charge in [0.1, 0.15) is 0 Å². The van der Waals surface area contributed by atoms with Crippen LogP contribution in [0, 0.1) is 20.2 Å². The van der Waals surface area contributed by atoms with Gasteiger partial charge in [-0.15, -0.1) is 0 Å². The van der Waals surface area contributed by atoms with Crippen molar-refractivity contribution < 1.29 is 9.85 Å². The second-order valence-electron chi connectivity index (χ2n) is 4.26. The van der Waals surface area contributed by atoms with E-state index < -0.39 is 9.85 Å². The summed E-state index contributed by atoms with van der Waals surface area (Å²) in [7, 11) is 0. The Bertz CT molecular complexity index is 618. The van der Waals surface area contributed by atoms with Gasteiger partial charge in [0.25, 0.3) is 11.4 Å². The predicted molar refractivity (Wildman–Crippen MR) is 81.2 cm³/mol. The molecule has 0 heterocycles. The zero-order chi connectivity index (χ0) is 15.2. The number of para-hydroxylation sites is 2. The van der Waals surface area contributed by atoms with Gasteiger partial charge in [-0.2, -0.15) is 11.8 Å². The SMILES string of the molecule is O=[N+]([O-])c1ccccc1CSCc1ccccc1[N+](=O)[O-]. The fourth-order valence-corrected chi connectivity index (χ4v) is 2.92. The van der Waals surface area contributed by atoms with Gasteiger partial charge in [0.05, 0.1) is 9.85 Å². The highest BCUT2D eigenvalue weighted by Crippen LogP contribution is 2.27. The first-order valence-corrected chi connectivity index (χ1v) is 7.27. The van der Waals surface area contributed by atoms with Gasteiger partial charge in [-0.1, -0.05) is 36.4 Å². The van der Waals surface area contributed by atoms with Gasteiger partial charge in [-0.25, -0.2) is 0 Å². The maximum atomic E-state index is 10.9. The summed E-state index contributed by atoms with van der Waals surface area (Å²) < 4.78 is 0. The van der Waals surface area contributed by atoms with Crippen LogP contribution >= 0.6 is 11.8 Å². The quantitative estimate of drug-likeness (QED) is 0.596. The van der Waals surface area contributed by atoms with Crippen LogP contribution in [0.4, 0.5) is 11.4 Å². The molecule has 0 unspecified atom stereocenters. The number of nitro benzene ring substituents is 2. The lowest BCUT2D eigenvalue weighted by atomic mass is 10.2. The van der Waals surface area contributed by atoms with Crippen molar-refractivity contribution in [2.75, 3.05) is 0 Å². The Balaban J connectivity index is 2.06. The third kappa shape index (κ3) is 3.79. The molecule has 0 aliphatic carbocycles. The van der Waals surface area contributed by atoms with E-state index in [1.165, 1.54) is 23.9 Å². The van der Waals surface area contributed by atoms with Gasteiger partial charge in [0.2, 0.25) is 0 Å². The summed E-state index contributed by atoms with van der Waals surface area (Å²) in [5.41, 5.74) is 1.39. The molecule has 0 atom stereocenters. The number of hydrogen-bond donors (Lipinski definition) is 0. The van der Waals surface area contributed by atoms with Crippen molar-refractivity contribution in [1.82, 2.24) is 0 Å². The molecule has 2 aromatic carbocycles. The van der Waals surface area contributed by atoms with E-state index in [4.69, 9.17) is 0 Å². The summed E-state index contributed by atoms with van der Waals surface area (Å²) in [4.78, 5) is 21.0. The van der Waals surface area contributed by atoms with Gasteiger partial charge in [0.15, 0.2) is 0 Å². The normalized spacial score (nSPS) is 10.3. The van der Waals surface area contributed by atoms with E-state index in [1.807, 2.05) is 0 Å². The van der Waals surface area contributed by atoms with E-state index >= 15 is 0 Å². The molecule has 0 N–H and O–H groups in total. The fourth-order valence-electron chi connectivity index (χ4n) is 1.89. The third-order valence-corrected chi connectivity index (χ3v) is 3.92. The number of hydrogen-bond acceptors (Lipinski definition) is 5. The van der Waals surface area contributed by atoms with Crippen LogP contribution in [-0.4, -0.2) is 9.85 Å². The molecule has 0 amide bonds. The van der Waals surface area contributed by atoms with Crippen molar-refractivity contribution in [1.29, 1.82) is 0 Å². The molecule has 0 radical (unpaired) electrons. The molecule has 0 aliphatic rings. The van der Waals surface area contributed by atoms with Crippen molar-refractivity contribution in [2.45, 2.75) is 11.5 Å². The van der Waals surface area contributed by atoms with E-state index in [0.717, 1.165) is 0 Å². The van der Waals surface area contributed by atoms with Crippen LogP contribution in [0.15, 0.2) is 48.5 Å². The molecule has 6 nitrogen and oxygen atoms in total. The number of benzene rings is 2. The number of thioether (sulfide) groups is 1. The lowest BCUT2D eigenvalue weighted by Gasteiger charge is -2.04. The second-order valence-corrected chi connectivity index (χ2v) is 5.25. The van der Waals surface area contributed by atoms with Gasteiger partial charge in [0, 0.05) is 34.8 Å². The Morgan fingerprint density at radius 2 is 1.14 bits per heavy atom. The highest BCUT2D eigenvalue weighted by Gasteiger charge is 2.14. The third-order valence-electron chi connectivity index (χ3n) is 2.89. The van der Waals surface area contributed by atoms with E-state index in [1.54, 1.807) is 36.4 Å². The average Bonchev–Trinajstić information content (AvgIpc) is 2.48. The standard InChI is InChI=1S/C14H12N2O4S/c17-15(18)13-7-3-1-5-11(13)9-21-10-12-6-2-4-8-14(12)16(19)20/h1-8H,9-10H2. The number of rotatable bonds is 6. The van der Waals surface area contributed by atoms with E-state index in [9.17, 15) is 20.2 Å². The molecule has 0 spiro atoms. The minimum Gasteiger partial charge on any atom is -0.258 e. The highest BCUT2D eigenvalue weighted by molar-refractivity contribution is 7.97. The Kier molecular flexibility index (Phi) is 4.89. The predicted octanol–water partition coefficient (Wildman–Crippen LogP) is 3.94. The second kappa shape index (κ2) is 6.85. The molecule has 0 aliphatic heterocycles. The Labute approximate surface area is 125 Å². The van der Waals surface area contributed by atoms with Crippen LogP contribution in [-0.2, 0) is 11.5 Å². The van der Waals surface area contributed by atoms with Crippen LogP contribution in [0.2, 0.25) is 0 Å². The largest absolute Gasteiger partial charge is 0.273 e. The Morgan fingerprint density at radius 3 is 1.52 bits per heavy atom. The van der Waals surface area contributed by atoms with E-state index in [0.29, 0.717) is 22.6 Å². The van der Waals surface area contributed by atoms with Gasteiger partial charge in [-0.05, 0) is 0 Å². The van der Waals surface area contributed by atoms with Crippen LogP contribution in [0.3, 0.4) is 0 Å². The van der Waals surface area contributed by atoms with Crippen molar-refractivity contribution in [2.24, 2.45) is 0 Å². The van der Waals surface area contributed by atoms with Crippen molar-refractivity contribution in [3.8, 4) is 0 Å². The molecule has 2 aromatic rings. The zero-order valence-corrected chi connectivity index (χ0v) is 11.8. The molecular formula is C14H12N2O4S. The lowest BCUT2D eigenvalue weighted by molar-refractivity contribution is -0.385. The molecule has 2 rings (SSSR count). The van der Waals surface area contributed by atoms with Crippen LogP contribution in [0.25, 0.3) is 0 Å². The van der Waals surface area contributed by atoms with Crippen molar-refractivity contribution in [3.05, 3.63) is 79.9 Å². The molecule has 7 heteroatoms. The van der Waals surface area contributed by atoms with Crippen LogP contribution < -0.4 is 0 Å². The van der Waals surface area contributed by atoms with Gasteiger partial charge >= 0.3 is 0 Å². The first kappa shape index (κ1) is 15.0.